The highest BCUT2D eigenvalue weighted by Gasteiger charge is 2.29. The maximum absolute atomic E-state index is 13.1. The van der Waals surface area contributed by atoms with Gasteiger partial charge < -0.3 is 10.3 Å². The summed E-state index contributed by atoms with van der Waals surface area (Å²) in [7, 11) is -3.66. The van der Waals surface area contributed by atoms with Gasteiger partial charge in [0.15, 0.2) is 0 Å². The summed E-state index contributed by atoms with van der Waals surface area (Å²) >= 11 is 0. The predicted octanol–water partition coefficient (Wildman–Crippen LogP) is 4.24. The SMILES string of the molecule is Cc1cnc(-c2ccc(S(=O)(=O)NC3CCC(C(=O)N[C@H](C)c4ccc(F)cc4)CC3)cc2)[nH]1. The van der Waals surface area contributed by atoms with E-state index in [2.05, 4.69) is 20.0 Å². The lowest BCUT2D eigenvalue weighted by Gasteiger charge is -2.29. The van der Waals surface area contributed by atoms with Crippen molar-refractivity contribution in [3.63, 3.8) is 0 Å². The number of sulfonamides is 1. The second kappa shape index (κ2) is 10.1. The Morgan fingerprint density at radius 2 is 1.71 bits per heavy atom. The van der Waals surface area contributed by atoms with Crippen LogP contribution in [-0.2, 0) is 14.8 Å². The number of aromatic nitrogens is 2. The number of H-pyrrole nitrogens is 1. The second-order valence-corrected chi connectivity index (χ2v) is 10.6. The Bertz CT molecular complexity index is 1230. The van der Waals surface area contributed by atoms with Gasteiger partial charge in [0.1, 0.15) is 11.6 Å². The first kappa shape index (κ1) is 24.1. The molecular weight excluding hydrogens is 455 g/mol. The number of aryl methyl sites for hydroxylation is 1. The molecule has 4 rings (SSSR count). The van der Waals surface area contributed by atoms with Crippen molar-refractivity contribution < 1.29 is 17.6 Å². The van der Waals surface area contributed by atoms with Crippen LogP contribution in [0.25, 0.3) is 11.4 Å². The Labute approximate surface area is 199 Å². The molecule has 2 aromatic carbocycles. The number of aromatic amines is 1. The van der Waals surface area contributed by atoms with E-state index in [0.717, 1.165) is 16.8 Å². The quantitative estimate of drug-likeness (QED) is 0.467. The average molecular weight is 485 g/mol. The summed E-state index contributed by atoms with van der Waals surface area (Å²) in [6, 6.07) is 12.3. The van der Waals surface area contributed by atoms with Crippen LogP contribution in [0.3, 0.4) is 0 Å². The molecule has 1 fully saturated rings. The van der Waals surface area contributed by atoms with Crippen LogP contribution < -0.4 is 10.0 Å². The molecule has 0 bridgehead atoms. The third-order valence-corrected chi connectivity index (χ3v) is 7.83. The highest BCUT2D eigenvalue weighted by molar-refractivity contribution is 7.89. The van der Waals surface area contributed by atoms with Gasteiger partial charge in [-0.3, -0.25) is 4.79 Å². The van der Waals surface area contributed by atoms with Crippen LogP contribution in [0.1, 0.15) is 49.9 Å². The molecule has 1 amide bonds. The van der Waals surface area contributed by atoms with Crippen molar-refractivity contribution in [1.82, 2.24) is 20.0 Å². The molecule has 1 aromatic heterocycles. The highest BCUT2D eigenvalue weighted by atomic mass is 32.2. The van der Waals surface area contributed by atoms with E-state index in [9.17, 15) is 17.6 Å². The molecule has 9 heteroatoms. The number of hydrogen-bond acceptors (Lipinski definition) is 4. The summed E-state index contributed by atoms with van der Waals surface area (Å²) < 4.78 is 41.6. The molecule has 0 aliphatic heterocycles. The van der Waals surface area contributed by atoms with Crippen LogP contribution in [0.4, 0.5) is 4.39 Å². The van der Waals surface area contributed by atoms with Crippen molar-refractivity contribution in [3.05, 3.63) is 71.8 Å². The number of benzene rings is 2. The maximum atomic E-state index is 13.1. The number of hydrogen-bond donors (Lipinski definition) is 3. The van der Waals surface area contributed by atoms with Gasteiger partial charge in [-0.15, -0.1) is 0 Å². The van der Waals surface area contributed by atoms with Crippen molar-refractivity contribution in [2.24, 2.45) is 5.92 Å². The third-order valence-electron chi connectivity index (χ3n) is 6.29. The summed E-state index contributed by atoms with van der Waals surface area (Å²) in [5.41, 5.74) is 2.58. The summed E-state index contributed by atoms with van der Waals surface area (Å²) in [6.45, 7) is 3.77. The molecule has 1 heterocycles. The zero-order chi connectivity index (χ0) is 24.3. The normalized spacial score (nSPS) is 19.5. The van der Waals surface area contributed by atoms with Gasteiger partial charge in [-0.1, -0.05) is 12.1 Å². The lowest BCUT2D eigenvalue weighted by atomic mass is 9.85. The molecule has 3 N–H and O–H groups in total. The van der Waals surface area contributed by atoms with Gasteiger partial charge in [-0.05, 0) is 81.5 Å². The smallest absolute Gasteiger partial charge is 0.240 e. The molecule has 180 valence electrons. The first-order valence-corrected chi connectivity index (χ1v) is 12.9. The van der Waals surface area contributed by atoms with E-state index in [1.165, 1.54) is 12.1 Å². The minimum Gasteiger partial charge on any atom is -0.349 e. The van der Waals surface area contributed by atoms with Crippen molar-refractivity contribution in [2.75, 3.05) is 0 Å². The monoisotopic (exact) mass is 484 g/mol. The highest BCUT2D eigenvalue weighted by Crippen LogP contribution is 2.27. The topological polar surface area (TPSA) is 104 Å². The van der Waals surface area contributed by atoms with Crippen molar-refractivity contribution in [2.45, 2.75) is 56.5 Å². The minimum atomic E-state index is -3.66. The molecule has 1 saturated carbocycles. The molecule has 7 nitrogen and oxygen atoms in total. The van der Waals surface area contributed by atoms with Crippen LogP contribution in [0.2, 0.25) is 0 Å². The van der Waals surface area contributed by atoms with Crippen LogP contribution in [0, 0.1) is 18.7 Å². The molecular formula is C25H29FN4O3S. The molecule has 1 atom stereocenters. The average Bonchev–Trinajstić information content (AvgIpc) is 3.26. The second-order valence-electron chi connectivity index (χ2n) is 8.89. The zero-order valence-electron chi connectivity index (χ0n) is 19.2. The van der Waals surface area contributed by atoms with E-state index in [1.807, 2.05) is 13.8 Å². The van der Waals surface area contributed by atoms with E-state index in [-0.39, 0.29) is 34.6 Å². The van der Waals surface area contributed by atoms with Gasteiger partial charge in [0.25, 0.3) is 0 Å². The molecule has 1 aliphatic carbocycles. The largest absolute Gasteiger partial charge is 0.349 e. The first-order chi connectivity index (χ1) is 16.2. The number of imidazole rings is 1. The number of nitrogens with one attached hydrogen (secondary N) is 3. The van der Waals surface area contributed by atoms with Crippen LogP contribution >= 0.6 is 0 Å². The standard InChI is InChI=1S/C25H29FN4O3S/c1-16-15-27-24(28-16)19-7-13-23(14-8-19)34(32,33)30-22-11-5-20(6-12-22)25(31)29-17(2)18-3-9-21(26)10-4-18/h3-4,7-10,13-15,17,20,22,30H,5-6,11-12H2,1-2H3,(H,27,28)(H,29,31)/t17-,20?,22?/m1/s1. The molecule has 0 radical (unpaired) electrons. The third kappa shape index (κ3) is 5.71. The van der Waals surface area contributed by atoms with Crippen LogP contribution in [-0.4, -0.2) is 30.3 Å². The van der Waals surface area contributed by atoms with Gasteiger partial charge >= 0.3 is 0 Å². The van der Waals surface area contributed by atoms with E-state index < -0.39 is 10.0 Å². The zero-order valence-corrected chi connectivity index (χ0v) is 20.0. The lowest BCUT2D eigenvalue weighted by Crippen LogP contribution is -2.41. The molecule has 0 saturated heterocycles. The molecule has 0 unspecified atom stereocenters. The molecule has 0 spiro atoms. The van der Waals surface area contributed by atoms with Crippen molar-refractivity contribution in [1.29, 1.82) is 0 Å². The van der Waals surface area contributed by atoms with Gasteiger partial charge in [0.2, 0.25) is 15.9 Å². The number of rotatable bonds is 7. The van der Waals surface area contributed by atoms with Gasteiger partial charge in [-0.2, -0.15) is 0 Å². The van der Waals surface area contributed by atoms with E-state index in [4.69, 9.17) is 0 Å². The summed E-state index contributed by atoms with van der Waals surface area (Å²) in [4.78, 5) is 20.3. The fourth-order valence-corrected chi connectivity index (χ4v) is 5.58. The Morgan fingerprint density at radius 3 is 2.29 bits per heavy atom. The molecule has 34 heavy (non-hydrogen) atoms. The van der Waals surface area contributed by atoms with Crippen molar-refractivity contribution in [3.8, 4) is 11.4 Å². The van der Waals surface area contributed by atoms with Crippen LogP contribution in [0.15, 0.2) is 59.6 Å². The number of carbonyl (C=O) groups excluding carboxylic acids is 1. The van der Waals surface area contributed by atoms with Crippen molar-refractivity contribution >= 4 is 15.9 Å². The number of carbonyl (C=O) groups is 1. The number of amides is 1. The Morgan fingerprint density at radius 1 is 1.06 bits per heavy atom. The molecule has 1 aliphatic rings. The van der Waals surface area contributed by atoms with Gasteiger partial charge in [0.05, 0.1) is 10.9 Å². The van der Waals surface area contributed by atoms with E-state index >= 15 is 0 Å². The van der Waals surface area contributed by atoms with Gasteiger partial charge in [-0.25, -0.2) is 22.5 Å². The van der Waals surface area contributed by atoms with E-state index in [1.54, 1.807) is 42.6 Å². The summed E-state index contributed by atoms with van der Waals surface area (Å²) in [5.74, 6) is 0.160. The first-order valence-electron chi connectivity index (χ1n) is 11.4. The Hall–Kier alpha value is -3.04. The summed E-state index contributed by atoms with van der Waals surface area (Å²) in [6.07, 6.45) is 4.11. The van der Waals surface area contributed by atoms with Gasteiger partial charge in [0, 0.05) is 29.4 Å². The predicted molar refractivity (Wildman–Crippen MR) is 128 cm³/mol. The minimum absolute atomic E-state index is 0.0538. The summed E-state index contributed by atoms with van der Waals surface area (Å²) in [5, 5.41) is 2.99. The Balaban J connectivity index is 1.29. The van der Waals surface area contributed by atoms with E-state index in [0.29, 0.717) is 31.5 Å². The lowest BCUT2D eigenvalue weighted by molar-refractivity contribution is -0.126. The number of nitrogens with zero attached hydrogens (tertiary/aromatic N) is 1. The number of halogens is 1. The van der Waals surface area contributed by atoms with Crippen LogP contribution in [0.5, 0.6) is 0 Å². The fraction of sp³-hybridized carbons (Fsp3) is 0.360. The molecule has 3 aromatic rings. The Kier molecular flexibility index (Phi) is 7.13. The maximum Gasteiger partial charge on any atom is 0.240 e. The fourth-order valence-electron chi connectivity index (χ4n) is 4.28.